The zero-order chi connectivity index (χ0) is 10.8. The van der Waals surface area contributed by atoms with Crippen LogP contribution in [-0.2, 0) is 0 Å². The van der Waals surface area contributed by atoms with Gasteiger partial charge in [-0.05, 0) is 18.9 Å². The monoisotopic (exact) mass is 213 g/mol. The van der Waals surface area contributed by atoms with Gasteiger partial charge in [0, 0.05) is 11.6 Å². The first-order valence-corrected chi connectivity index (χ1v) is 5.03. The van der Waals surface area contributed by atoms with E-state index in [4.69, 9.17) is 5.11 Å². The van der Waals surface area contributed by atoms with E-state index in [2.05, 4.69) is 5.32 Å². The number of rotatable bonds is 4. The van der Waals surface area contributed by atoms with Crippen molar-refractivity contribution in [3.05, 3.63) is 35.4 Å². The molecule has 1 aliphatic carbocycles. The van der Waals surface area contributed by atoms with Gasteiger partial charge in [0.15, 0.2) is 11.6 Å². The van der Waals surface area contributed by atoms with Crippen molar-refractivity contribution < 1.29 is 13.9 Å². The van der Waals surface area contributed by atoms with E-state index in [-0.39, 0.29) is 12.2 Å². The van der Waals surface area contributed by atoms with Crippen LogP contribution in [0.3, 0.4) is 0 Å². The second-order valence-electron chi connectivity index (χ2n) is 3.82. The van der Waals surface area contributed by atoms with E-state index < -0.39 is 17.7 Å². The molecule has 0 aromatic heterocycles. The molecule has 1 unspecified atom stereocenters. The lowest BCUT2D eigenvalue weighted by atomic mass is 10.1. The standard InChI is InChI=1S/C11H13F2NO/c12-9-3-1-2-8(11(9)13)10(6-15)14-7-4-5-7/h1-3,7,10,14-15H,4-6H2. The Labute approximate surface area is 86.9 Å². The van der Waals surface area contributed by atoms with E-state index >= 15 is 0 Å². The summed E-state index contributed by atoms with van der Waals surface area (Å²) in [6.07, 6.45) is 2.07. The second-order valence-corrected chi connectivity index (χ2v) is 3.82. The normalized spacial score (nSPS) is 17.8. The van der Waals surface area contributed by atoms with E-state index in [1.165, 1.54) is 12.1 Å². The molecule has 0 heterocycles. The van der Waals surface area contributed by atoms with Crippen LogP contribution in [0.25, 0.3) is 0 Å². The number of aliphatic hydroxyl groups is 1. The maximum Gasteiger partial charge on any atom is 0.163 e. The van der Waals surface area contributed by atoms with Gasteiger partial charge in [0.2, 0.25) is 0 Å². The van der Waals surface area contributed by atoms with Crippen LogP contribution in [0.4, 0.5) is 8.78 Å². The molecule has 2 nitrogen and oxygen atoms in total. The SMILES string of the molecule is OCC(NC1CC1)c1cccc(F)c1F. The molecule has 0 bridgehead atoms. The Bertz CT molecular complexity index is 352. The second kappa shape index (κ2) is 4.24. The molecule has 1 atom stereocenters. The van der Waals surface area contributed by atoms with E-state index in [0.717, 1.165) is 18.9 Å². The summed E-state index contributed by atoms with van der Waals surface area (Å²) in [5.41, 5.74) is 0.199. The minimum Gasteiger partial charge on any atom is -0.394 e. The molecule has 15 heavy (non-hydrogen) atoms. The lowest BCUT2D eigenvalue weighted by molar-refractivity contribution is 0.239. The largest absolute Gasteiger partial charge is 0.394 e. The molecule has 2 N–H and O–H groups in total. The van der Waals surface area contributed by atoms with Crippen molar-refractivity contribution in [1.29, 1.82) is 0 Å². The maximum atomic E-state index is 13.4. The van der Waals surface area contributed by atoms with E-state index in [1.54, 1.807) is 0 Å². The van der Waals surface area contributed by atoms with E-state index in [0.29, 0.717) is 6.04 Å². The third-order valence-corrected chi connectivity index (χ3v) is 2.55. The van der Waals surface area contributed by atoms with Crippen molar-refractivity contribution in [1.82, 2.24) is 5.32 Å². The van der Waals surface area contributed by atoms with Gasteiger partial charge >= 0.3 is 0 Å². The Balaban J connectivity index is 2.20. The van der Waals surface area contributed by atoms with Crippen LogP contribution in [0.15, 0.2) is 18.2 Å². The van der Waals surface area contributed by atoms with Gasteiger partial charge in [-0.3, -0.25) is 0 Å². The van der Waals surface area contributed by atoms with Gasteiger partial charge in [0.1, 0.15) is 0 Å². The molecule has 0 saturated heterocycles. The molecule has 4 heteroatoms. The third kappa shape index (κ3) is 2.33. The summed E-state index contributed by atoms with van der Waals surface area (Å²) in [6.45, 7) is -0.225. The predicted octanol–water partition coefficient (Wildman–Crippen LogP) is 1.75. The number of hydrogen-bond acceptors (Lipinski definition) is 2. The van der Waals surface area contributed by atoms with Crippen molar-refractivity contribution in [3.8, 4) is 0 Å². The summed E-state index contributed by atoms with van der Waals surface area (Å²) in [5, 5.41) is 12.2. The van der Waals surface area contributed by atoms with Crippen LogP contribution < -0.4 is 5.32 Å². The first-order chi connectivity index (χ1) is 7.22. The minimum absolute atomic E-state index is 0.199. The average Bonchev–Trinajstić information content (AvgIpc) is 3.03. The van der Waals surface area contributed by atoms with Crippen molar-refractivity contribution in [2.24, 2.45) is 0 Å². The molecule has 0 spiro atoms. The van der Waals surface area contributed by atoms with Crippen molar-refractivity contribution in [2.45, 2.75) is 24.9 Å². The van der Waals surface area contributed by atoms with Crippen LogP contribution in [0.2, 0.25) is 0 Å². The Morgan fingerprint density at radius 3 is 2.73 bits per heavy atom. The highest BCUT2D eigenvalue weighted by molar-refractivity contribution is 5.23. The minimum atomic E-state index is -0.872. The third-order valence-electron chi connectivity index (χ3n) is 2.55. The van der Waals surface area contributed by atoms with Crippen LogP contribution in [-0.4, -0.2) is 17.8 Å². The van der Waals surface area contributed by atoms with Gasteiger partial charge in [-0.1, -0.05) is 12.1 Å². The van der Waals surface area contributed by atoms with Crippen molar-refractivity contribution >= 4 is 0 Å². The summed E-state index contributed by atoms with van der Waals surface area (Å²) >= 11 is 0. The Kier molecular flexibility index (Phi) is 2.98. The highest BCUT2D eigenvalue weighted by Gasteiger charge is 2.26. The molecule has 1 aromatic rings. The van der Waals surface area contributed by atoms with Crippen LogP contribution in [0, 0.1) is 11.6 Å². The summed E-state index contributed by atoms with van der Waals surface area (Å²) in [6, 6.07) is 3.85. The maximum absolute atomic E-state index is 13.4. The topological polar surface area (TPSA) is 32.3 Å². The highest BCUT2D eigenvalue weighted by atomic mass is 19.2. The summed E-state index contributed by atoms with van der Waals surface area (Å²) < 4.78 is 26.3. The first kappa shape index (κ1) is 10.5. The smallest absolute Gasteiger partial charge is 0.163 e. The molecular formula is C11H13F2NO. The molecule has 1 saturated carbocycles. The number of hydrogen-bond donors (Lipinski definition) is 2. The summed E-state index contributed by atoms with van der Waals surface area (Å²) in [5.74, 6) is -1.74. The molecule has 1 aliphatic rings. The first-order valence-electron chi connectivity index (χ1n) is 5.03. The molecule has 1 aromatic carbocycles. The van der Waals surface area contributed by atoms with Gasteiger partial charge in [-0.25, -0.2) is 8.78 Å². The number of nitrogens with one attached hydrogen (secondary N) is 1. The molecule has 0 aliphatic heterocycles. The summed E-state index contributed by atoms with van der Waals surface area (Å²) in [4.78, 5) is 0. The van der Waals surface area contributed by atoms with E-state index in [9.17, 15) is 8.78 Å². The molecule has 1 fully saturated rings. The van der Waals surface area contributed by atoms with Gasteiger partial charge in [-0.2, -0.15) is 0 Å². The van der Waals surface area contributed by atoms with Gasteiger partial charge in [0.05, 0.1) is 12.6 Å². The van der Waals surface area contributed by atoms with Gasteiger partial charge < -0.3 is 10.4 Å². The zero-order valence-electron chi connectivity index (χ0n) is 8.21. The molecular weight excluding hydrogens is 200 g/mol. The molecule has 2 rings (SSSR count). The molecule has 82 valence electrons. The Morgan fingerprint density at radius 1 is 1.40 bits per heavy atom. The van der Waals surface area contributed by atoms with Gasteiger partial charge in [0.25, 0.3) is 0 Å². The Morgan fingerprint density at radius 2 is 2.13 bits per heavy atom. The van der Waals surface area contributed by atoms with Crippen molar-refractivity contribution in [2.75, 3.05) is 6.61 Å². The fourth-order valence-corrected chi connectivity index (χ4v) is 1.56. The average molecular weight is 213 g/mol. The van der Waals surface area contributed by atoms with Gasteiger partial charge in [-0.15, -0.1) is 0 Å². The zero-order valence-corrected chi connectivity index (χ0v) is 8.21. The van der Waals surface area contributed by atoms with Crippen LogP contribution >= 0.6 is 0 Å². The summed E-state index contributed by atoms with van der Waals surface area (Å²) in [7, 11) is 0. The fourth-order valence-electron chi connectivity index (χ4n) is 1.56. The lowest BCUT2D eigenvalue weighted by Gasteiger charge is -2.17. The fraction of sp³-hybridized carbons (Fsp3) is 0.455. The highest BCUT2D eigenvalue weighted by Crippen LogP contribution is 2.25. The van der Waals surface area contributed by atoms with Crippen LogP contribution in [0.1, 0.15) is 24.4 Å². The number of aliphatic hydroxyl groups excluding tert-OH is 1. The Hall–Kier alpha value is -1.00. The van der Waals surface area contributed by atoms with E-state index in [1.807, 2.05) is 0 Å². The lowest BCUT2D eigenvalue weighted by Crippen LogP contribution is -2.27. The number of halogens is 2. The van der Waals surface area contributed by atoms with Crippen LogP contribution in [0.5, 0.6) is 0 Å². The molecule has 0 amide bonds. The predicted molar refractivity (Wildman–Crippen MR) is 52.3 cm³/mol. The quantitative estimate of drug-likeness (QED) is 0.798. The molecule has 0 radical (unpaired) electrons. The van der Waals surface area contributed by atoms with Crippen molar-refractivity contribution in [3.63, 3.8) is 0 Å². The number of benzene rings is 1.